The summed E-state index contributed by atoms with van der Waals surface area (Å²) in [5.74, 6) is 0.481. The number of nitrogens with zero attached hydrogens (tertiary/aromatic N) is 2. The Kier molecular flexibility index (Phi) is 5.70. The number of hydrogen-bond donors (Lipinski definition) is 2. The Morgan fingerprint density at radius 1 is 0.606 bits per heavy atom. The Morgan fingerprint density at radius 2 is 1.00 bits per heavy atom. The predicted octanol–water partition coefficient (Wildman–Crippen LogP) is 6.07. The maximum absolute atomic E-state index is 11.1. The van der Waals surface area contributed by atoms with E-state index in [1.165, 1.54) is 0 Å². The molecule has 2 N–H and O–H groups in total. The number of phenolic OH excluding ortho intramolecular Hbond substituents is 2. The summed E-state index contributed by atoms with van der Waals surface area (Å²) in [6, 6.07) is 11.6. The molecule has 0 fully saturated rings. The van der Waals surface area contributed by atoms with Gasteiger partial charge in [-0.05, 0) is 36.5 Å². The molecule has 3 aliphatic heterocycles. The zero-order chi connectivity index (χ0) is 22.7. The summed E-state index contributed by atoms with van der Waals surface area (Å²) in [5, 5.41) is 22.3. The Bertz CT molecular complexity index is 1230. The van der Waals surface area contributed by atoms with Crippen molar-refractivity contribution in [3.63, 3.8) is 0 Å². The van der Waals surface area contributed by atoms with Crippen molar-refractivity contribution in [3.05, 3.63) is 94.4 Å². The van der Waals surface area contributed by atoms with Crippen molar-refractivity contribution in [1.29, 1.82) is 0 Å². The molecule has 0 radical (unpaired) electrons. The molecule has 3 aliphatic rings. The molecule has 0 aliphatic carbocycles. The first-order valence-electron chi connectivity index (χ1n) is 10.8. The van der Waals surface area contributed by atoms with Crippen molar-refractivity contribution >= 4 is 23.6 Å². The van der Waals surface area contributed by atoms with Gasteiger partial charge in [-0.2, -0.15) is 0 Å². The molecule has 3 heterocycles. The maximum atomic E-state index is 11.1. The Labute approximate surface area is 208 Å². The van der Waals surface area contributed by atoms with Crippen molar-refractivity contribution in [2.24, 2.45) is 9.98 Å². The molecular formula is C28H26N2O2Pt. The summed E-state index contributed by atoms with van der Waals surface area (Å²) in [6.45, 7) is 8.22. The van der Waals surface area contributed by atoms with Crippen molar-refractivity contribution < 1.29 is 31.3 Å². The fraction of sp³-hybridized carbons (Fsp3) is 0.214. The van der Waals surface area contributed by atoms with E-state index in [1.807, 2.05) is 72.9 Å². The van der Waals surface area contributed by atoms with Crippen LogP contribution in [-0.2, 0) is 31.9 Å². The van der Waals surface area contributed by atoms with Crippen molar-refractivity contribution in [1.82, 2.24) is 0 Å². The Hall–Kier alpha value is -2.97. The van der Waals surface area contributed by atoms with Gasteiger partial charge >= 0.3 is 0 Å². The zero-order valence-corrected chi connectivity index (χ0v) is 21.3. The second-order valence-electron chi connectivity index (χ2n) is 9.54. The van der Waals surface area contributed by atoms with Crippen LogP contribution in [0.1, 0.15) is 49.9 Å². The van der Waals surface area contributed by atoms with Gasteiger partial charge in [0.1, 0.15) is 11.5 Å². The number of benzene rings is 2. The van der Waals surface area contributed by atoms with Crippen molar-refractivity contribution in [3.8, 4) is 11.5 Å². The second kappa shape index (κ2) is 8.11. The minimum atomic E-state index is -0.506. The van der Waals surface area contributed by atoms with Crippen LogP contribution in [0.5, 0.6) is 11.5 Å². The van der Waals surface area contributed by atoms with Crippen molar-refractivity contribution in [2.45, 2.75) is 38.5 Å². The minimum Gasteiger partial charge on any atom is -0.507 e. The number of para-hydroxylation sites is 2. The maximum Gasteiger partial charge on any atom is 0.127 e. The molecule has 5 rings (SSSR count). The van der Waals surface area contributed by atoms with E-state index in [0.29, 0.717) is 11.1 Å². The SMILES string of the molecule is CC1(C)C2=N/C(=C\c3cccc(c3O)C(C)(C)C3=N/C(=C\c4cccc1c4O)C=C3)C=C2.[Pt]. The van der Waals surface area contributed by atoms with Gasteiger partial charge in [-0.25, -0.2) is 0 Å². The van der Waals surface area contributed by atoms with Gasteiger partial charge in [-0.3, -0.25) is 9.98 Å². The van der Waals surface area contributed by atoms with Crippen LogP contribution >= 0.6 is 0 Å². The van der Waals surface area contributed by atoms with Crippen molar-refractivity contribution in [2.75, 3.05) is 0 Å². The molecule has 0 unspecified atom stereocenters. The first-order valence-corrected chi connectivity index (χ1v) is 10.8. The average Bonchev–Trinajstić information content (AvgIpc) is 3.41. The van der Waals surface area contributed by atoms with Gasteiger partial charge in [-0.1, -0.05) is 64.1 Å². The van der Waals surface area contributed by atoms with Crippen LogP contribution in [0, 0.1) is 0 Å². The molecule has 0 atom stereocenters. The normalized spacial score (nSPS) is 22.4. The molecule has 4 nitrogen and oxygen atoms in total. The zero-order valence-electron chi connectivity index (χ0n) is 19.0. The van der Waals surface area contributed by atoms with E-state index >= 15 is 0 Å². The molecule has 0 saturated carbocycles. The second-order valence-corrected chi connectivity index (χ2v) is 9.54. The predicted molar refractivity (Wildman–Crippen MR) is 131 cm³/mol. The average molecular weight is 618 g/mol. The smallest absolute Gasteiger partial charge is 0.127 e. The Balaban J connectivity index is 0.00000259. The first kappa shape index (κ1) is 23.2. The monoisotopic (exact) mass is 617 g/mol. The fourth-order valence-electron chi connectivity index (χ4n) is 4.57. The van der Waals surface area contributed by atoms with Crippen LogP contribution in [0.4, 0.5) is 0 Å². The molecule has 0 saturated heterocycles. The van der Waals surface area contributed by atoms with Gasteiger partial charge in [0.25, 0.3) is 0 Å². The van der Waals surface area contributed by atoms with Gasteiger partial charge < -0.3 is 10.2 Å². The molecule has 0 amide bonds. The van der Waals surface area contributed by atoms with E-state index in [2.05, 4.69) is 27.7 Å². The van der Waals surface area contributed by atoms with Gasteiger partial charge in [0.15, 0.2) is 0 Å². The van der Waals surface area contributed by atoms with E-state index < -0.39 is 10.8 Å². The molecule has 8 bridgehead atoms. The molecule has 170 valence electrons. The van der Waals surface area contributed by atoms with Gasteiger partial charge in [0.05, 0.1) is 22.8 Å². The van der Waals surface area contributed by atoms with Crippen LogP contribution in [0.15, 0.2) is 82.1 Å². The van der Waals surface area contributed by atoms with E-state index in [-0.39, 0.29) is 32.6 Å². The molecule has 0 aromatic heterocycles. The van der Waals surface area contributed by atoms with Gasteiger partial charge in [0.2, 0.25) is 0 Å². The molecule has 5 heteroatoms. The molecule has 2 aromatic rings. The van der Waals surface area contributed by atoms with Crippen LogP contribution in [0.25, 0.3) is 12.2 Å². The number of fused-ring (bicyclic) bond motifs is 6. The van der Waals surface area contributed by atoms with Crippen LogP contribution < -0.4 is 0 Å². The number of allylic oxidation sites excluding steroid dienone is 4. The number of aliphatic imine (C=N–C) groups is 2. The standard InChI is InChI=1S/C28H26N2O2.Pt/c1-27(2)21-9-5-7-17(25(21)31)15-20-12-14-24(30-20)28(3,4)22-10-6-8-18(26(22)32)16-19-11-13-23(27)29-19;/h5-16,31-32H,1-4H3;/b19-16-,20-15-;. The quantitative estimate of drug-likeness (QED) is 0.377. The van der Waals surface area contributed by atoms with Crippen LogP contribution in [-0.4, -0.2) is 21.6 Å². The molecular weight excluding hydrogens is 591 g/mol. The van der Waals surface area contributed by atoms with Gasteiger partial charge in [0, 0.05) is 54.1 Å². The Morgan fingerprint density at radius 3 is 1.39 bits per heavy atom. The number of rotatable bonds is 0. The number of hydrogen-bond acceptors (Lipinski definition) is 4. The number of phenols is 2. The summed E-state index contributed by atoms with van der Waals surface area (Å²) in [7, 11) is 0. The summed E-state index contributed by atoms with van der Waals surface area (Å²) >= 11 is 0. The first-order chi connectivity index (χ1) is 15.2. The third kappa shape index (κ3) is 3.77. The summed E-state index contributed by atoms with van der Waals surface area (Å²) in [5.41, 5.74) is 5.27. The third-order valence-corrected chi connectivity index (χ3v) is 6.69. The van der Waals surface area contributed by atoms with E-state index in [1.54, 1.807) is 0 Å². The summed E-state index contributed by atoms with van der Waals surface area (Å²) in [6.07, 6.45) is 11.7. The third-order valence-electron chi connectivity index (χ3n) is 6.69. The number of aromatic hydroxyl groups is 2. The largest absolute Gasteiger partial charge is 0.507 e. The van der Waals surface area contributed by atoms with E-state index in [9.17, 15) is 10.2 Å². The topological polar surface area (TPSA) is 65.2 Å². The van der Waals surface area contributed by atoms with E-state index in [4.69, 9.17) is 9.98 Å². The summed E-state index contributed by atoms with van der Waals surface area (Å²) < 4.78 is 0. The molecule has 0 spiro atoms. The van der Waals surface area contributed by atoms with Crippen LogP contribution in [0.2, 0.25) is 0 Å². The van der Waals surface area contributed by atoms with E-state index in [0.717, 1.165) is 33.9 Å². The summed E-state index contributed by atoms with van der Waals surface area (Å²) in [4.78, 5) is 9.66. The minimum absolute atomic E-state index is 0. The van der Waals surface area contributed by atoms with Crippen LogP contribution in [0.3, 0.4) is 0 Å². The fourth-order valence-corrected chi connectivity index (χ4v) is 4.57. The van der Waals surface area contributed by atoms with Gasteiger partial charge in [-0.15, -0.1) is 0 Å². The molecule has 2 aromatic carbocycles. The molecule has 33 heavy (non-hydrogen) atoms.